The SMILES string of the molecule is COc1ccccc1CC(=O)OCC(=O)Nc1cccc(S(N)(=O)=O)c1. The minimum Gasteiger partial charge on any atom is -0.496 e. The summed E-state index contributed by atoms with van der Waals surface area (Å²) in [4.78, 5) is 23.6. The van der Waals surface area contributed by atoms with Gasteiger partial charge in [0.05, 0.1) is 18.4 Å². The zero-order valence-corrected chi connectivity index (χ0v) is 14.8. The lowest BCUT2D eigenvalue weighted by atomic mass is 10.1. The van der Waals surface area contributed by atoms with Crippen molar-refractivity contribution in [2.45, 2.75) is 11.3 Å². The van der Waals surface area contributed by atoms with E-state index in [4.69, 9.17) is 14.6 Å². The number of benzene rings is 2. The Morgan fingerprint density at radius 1 is 1.12 bits per heavy atom. The van der Waals surface area contributed by atoms with Crippen LogP contribution < -0.4 is 15.2 Å². The number of nitrogens with two attached hydrogens (primary N) is 1. The lowest BCUT2D eigenvalue weighted by Crippen LogP contribution is -2.22. The van der Waals surface area contributed by atoms with E-state index in [0.29, 0.717) is 11.3 Å². The molecule has 1 amide bonds. The van der Waals surface area contributed by atoms with Gasteiger partial charge in [-0.1, -0.05) is 24.3 Å². The van der Waals surface area contributed by atoms with Gasteiger partial charge < -0.3 is 14.8 Å². The minimum absolute atomic E-state index is 0.0435. The number of methoxy groups -OCH3 is 1. The van der Waals surface area contributed by atoms with Crippen LogP contribution in [0.15, 0.2) is 53.4 Å². The maximum atomic E-state index is 11.9. The van der Waals surface area contributed by atoms with E-state index in [0.717, 1.165) is 0 Å². The molecule has 2 rings (SSSR count). The summed E-state index contributed by atoms with van der Waals surface area (Å²) in [7, 11) is -2.38. The van der Waals surface area contributed by atoms with Crippen molar-refractivity contribution in [3.05, 3.63) is 54.1 Å². The Morgan fingerprint density at radius 2 is 1.85 bits per heavy atom. The largest absolute Gasteiger partial charge is 0.496 e. The Balaban J connectivity index is 1.90. The quantitative estimate of drug-likeness (QED) is 0.694. The summed E-state index contributed by atoms with van der Waals surface area (Å²) in [5.41, 5.74) is 0.864. The number of carbonyl (C=O) groups excluding carboxylic acids is 2. The predicted octanol–water partition coefficient (Wildman–Crippen LogP) is 1.07. The van der Waals surface area contributed by atoms with Crippen LogP contribution in [0.1, 0.15) is 5.56 Å². The Hall–Kier alpha value is -2.91. The highest BCUT2D eigenvalue weighted by molar-refractivity contribution is 7.89. The van der Waals surface area contributed by atoms with Crippen LogP contribution >= 0.6 is 0 Å². The zero-order chi connectivity index (χ0) is 19.2. The fraction of sp³-hybridized carbons (Fsp3) is 0.176. The van der Waals surface area contributed by atoms with Gasteiger partial charge in [0.2, 0.25) is 10.0 Å². The molecule has 0 aliphatic heterocycles. The molecule has 0 aliphatic carbocycles. The molecule has 9 heteroatoms. The van der Waals surface area contributed by atoms with Crippen molar-refractivity contribution in [2.24, 2.45) is 5.14 Å². The van der Waals surface area contributed by atoms with Gasteiger partial charge in [0, 0.05) is 11.3 Å². The van der Waals surface area contributed by atoms with Gasteiger partial charge >= 0.3 is 5.97 Å². The molecule has 0 atom stereocenters. The molecule has 0 fully saturated rings. The van der Waals surface area contributed by atoms with Crippen LogP contribution in [0.5, 0.6) is 5.75 Å². The van der Waals surface area contributed by atoms with Crippen LogP contribution in [0.4, 0.5) is 5.69 Å². The molecule has 0 heterocycles. The summed E-state index contributed by atoms with van der Waals surface area (Å²) in [6.07, 6.45) is -0.0435. The van der Waals surface area contributed by atoms with Crippen molar-refractivity contribution >= 4 is 27.6 Å². The number of amides is 1. The Kier molecular flexibility index (Phi) is 6.31. The number of primary sulfonamides is 1. The van der Waals surface area contributed by atoms with Crippen LogP contribution in [0.3, 0.4) is 0 Å². The van der Waals surface area contributed by atoms with E-state index in [9.17, 15) is 18.0 Å². The van der Waals surface area contributed by atoms with Crippen molar-refractivity contribution in [2.75, 3.05) is 19.0 Å². The molecular formula is C17H18N2O6S. The normalized spacial score (nSPS) is 10.8. The second-order valence-electron chi connectivity index (χ2n) is 5.27. The second kappa shape index (κ2) is 8.45. The number of esters is 1. The van der Waals surface area contributed by atoms with Crippen molar-refractivity contribution in [1.29, 1.82) is 0 Å². The summed E-state index contributed by atoms with van der Waals surface area (Å²) < 4.78 is 32.7. The number of rotatable bonds is 7. The van der Waals surface area contributed by atoms with Gasteiger partial charge in [0.1, 0.15) is 5.75 Å². The van der Waals surface area contributed by atoms with Crippen LogP contribution in [0.25, 0.3) is 0 Å². The number of hydrogen-bond acceptors (Lipinski definition) is 6. The van der Waals surface area contributed by atoms with Gasteiger partial charge in [0.15, 0.2) is 6.61 Å². The molecule has 138 valence electrons. The maximum Gasteiger partial charge on any atom is 0.310 e. The topological polar surface area (TPSA) is 125 Å². The van der Waals surface area contributed by atoms with E-state index >= 15 is 0 Å². The average molecular weight is 378 g/mol. The van der Waals surface area contributed by atoms with E-state index in [2.05, 4.69) is 5.32 Å². The number of para-hydroxylation sites is 1. The lowest BCUT2D eigenvalue weighted by Gasteiger charge is -2.09. The van der Waals surface area contributed by atoms with Gasteiger partial charge in [-0.2, -0.15) is 0 Å². The minimum atomic E-state index is -3.88. The van der Waals surface area contributed by atoms with E-state index in [-0.39, 0.29) is 17.0 Å². The third-order valence-electron chi connectivity index (χ3n) is 3.34. The molecule has 2 aromatic rings. The molecule has 0 unspecified atom stereocenters. The Morgan fingerprint density at radius 3 is 2.54 bits per heavy atom. The highest BCUT2D eigenvalue weighted by Crippen LogP contribution is 2.18. The summed E-state index contributed by atoms with van der Waals surface area (Å²) in [6, 6.07) is 12.4. The molecule has 0 bridgehead atoms. The number of anilines is 1. The van der Waals surface area contributed by atoms with Gasteiger partial charge in [-0.3, -0.25) is 9.59 Å². The van der Waals surface area contributed by atoms with Crippen LogP contribution in [-0.2, 0) is 30.8 Å². The highest BCUT2D eigenvalue weighted by Gasteiger charge is 2.13. The van der Waals surface area contributed by atoms with Gasteiger partial charge in [-0.05, 0) is 24.3 Å². The van der Waals surface area contributed by atoms with Crippen molar-refractivity contribution < 1.29 is 27.5 Å². The highest BCUT2D eigenvalue weighted by atomic mass is 32.2. The molecule has 0 spiro atoms. The number of hydrogen-bond donors (Lipinski definition) is 2. The molecule has 0 radical (unpaired) electrons. The first-order chi connectivity index (χ1) is 12.3. The summed E-state index contributed by atoms with van der Waals surface area (Å²) in [6.45, 7) is -0.506. The summed E-state index contributed by atoms with van der Waals surface area (Å²) in [5, 5.41) is 7.47. The first kappa shape index (κ1) is 19.4. The van der Waals surface area contributed by atoms with Gasteiger partial charge in [-0.15, -0.1) is 0 Å². The molecule has 26 heavy (non-hydrogen) atoms. The van der Waals surface area contributed by atoms with E-state index < -0.39 is 28.5 Å². The third-order valence-corrected chi connectivity index (χ3v) is 4.25. The molecule has 0 saturated carbocycles. The Labute approximate surface area is 151 Å². The van der Waals surface area contributed by atoms with Crippen LogP contribution in [0, 0.1) is 0 Å². The standard InChI is InChI=1S/C17H18N2O6S/c1-24-15-8-3-2-5-12(15)9-17(21)25-11-16(20)19-13-6-4-7-14(10-13)26(18,22)23/h2-8,10H,9,11H2,1H3,(H,19,20)(H2,18,22,23). The number of nitrogens with one attached hydrogen (secondary N) is 1. The molecular weight excluding hydrogens is 360 g/mol. The summed E-state index contributed by atoms with van der Waals surface area (Å²) in [5.74, 6) is -0.651. The van der Waals surface area contributed by atoms with Crippen molar-refractivity contribution in [1.82, 2.24) is 0 Å². The first-order valence-electron chi connectivity index (χ1n) is 7.50. The number of carbonyl (C=O) groups is 2. The molecule has 0 saturated heterocycles. The van der Waals surface area contributed by atoms with Crippen LogP contribution in [0.2, 0.25) is 0 Å². The third kappa shape index (κ3) is 5.57. The fourth-order valence-electron chi connectivity index (χ4n) is 2.15. The number of sulfonamides is 1. The average Bonchev–Trinajstić information content (AvgIpc) is 2.60. The van der Waals surface area contributed by atoms with E-state index in [1.807, 2.05) is 0 Å². The molecule has 2 aromatic carbocycles. The smallest absolute Gasteiger partial charge is 0.310 e. The fourth-order valence-corrected chi connectivity index (χ4v) is 2.71. The molecule has 0 aliphatic rings. The second-order valence-corrected chi connectivity index (χ2v) is 6.83. The zero-order valence-electron chi connectivity index (χ0n) is 14.0. The molecule has 0 aromatic heterocycles. The maximum absolute atomic E-state index is 11.9. The van der Waals surface area contributed by atoms with Crippen molar-refractivity contribution in [3.63, 3.8) is 0 Å². The molecule has 3 N–H and O–H groups in total. The van der Waals surface area contributed by atoms with Gasteiger partial charge in [-0.25, -0.2) is 13.6 Å². The monoisotopic (exact) mass is 378 g/mol. The lowest BCUT2D eigenvalue weighted by molar-refractivity contribution is -0.146. The first-order valence-corrected chi connectivity index (χ1v) is 9.04. The van der Waals surface area contributed by atoms with Crippen LogP contribution in [-0.4, -0.2) is 34.0 Å². The van der Waals surface area contributed by atoms with E-state index in [1.54, 1.807) is 24.3 Å². The predicted molar refractivity (Wildman–Crippen MR) is 94.1 cm³/mol. The van der Waals surface area contributed by atoms with Crippen molar-refractivity contribution in [3.8, 4) is 5.75 Å². The number of ether oxygens (including phenoxy) is 2. The summed E-state index contributed by atoms with van der Waals surface area (Å²) >= 11 is 0. The van der Waals surface area contributed by atoms with Gasteiger partial charge in [0.25, 0.3) is 5.91 Å². The molecule has 8 nitrogen and oxygen atoms in total. The Bertz CT molecular complexity index is 911. The van der Waals surface area contributed by atoms with E-state index in [1.165, 1.54) is 31.4 Å².